The first-order valence-corrected chi connectivity index (χ1v) is 11.1. The quantitative estimate of drug-likeness (QED) is 0.680. The highest BCUT2D eigenvalue weighted by molar-refractivity contribution is 7.20. The molecule has 5 rings (SSSR count). The van der Waals surface area contributed by atoms with Crippen LogP contribution in [0, 0.1) is 0 Å². The van der Waals surface area contributed by atoms with E-state index in [2.05, 4.69) is 16.4 Å². The molecule has 1 N–H and O–H groups in total. The molecule has 2 aromatic heterocycles. The largest absolute Gasteiger partial charge is 0.370 e. The van der Waals surface area contributed by atoms with Gasteiger partial charge in [-0.1, -0.05) is 24.3 Å². The van der Waals surface area contributed by atoms with Crippen LogP contribution >= 0.6 is 11.3 Å². The summed E-state index contributed by atoms with van der Waals surface area (Å²) in [5, 5.41) is 4.05. The first kappa shape index (κ1) is 19.2. The molecule has 2 amide bonds. The number of ether oxygens (including phenoxy) is 1. The number of pyridine rings is 1. The van der Waals surface area contributed by atoms with Gasteiger partial charge in [0.1, 0.15) is 15.8 Å². The number of thiophene rings is 1. The van der Waals surface area contributed by atoms with Crippen LogP contribution in [0.3, 0.4) is 0 Å². The third-order valence-corrected chi connectivity index (χ3v) is 6.90. The van der Waals surface area contributed by atoms with Crippen LogP contribution in [0.1, 0.15) is 52.6 Å². The van der Waals surface area contributed by atoms with Gasteiger partial charge < -0.3 is 15.0 Å². The van der Waals surface area contributed by atoms with Gasteiger partial charge >= 0.3 is 0 Å². The molecule has 3 heterocycles. The Morgan fingerprint density at radius 3 is 2.83 bits per heavy atom. The van der Waals surface area contributed by atoms with Crippen molar-refractivity contribution in [1.82, 2.24) is 9.88 Å². The Kier molecular flexibility index (Phi) is 5.00. The van der Waals surface area contributed by atoms with E-state index >= 15 is 0 Å². The van der Waals surface area contributed by atoms with Crippen LogP contribution in [-0.2, 0) is 9.53 Å². The van der Waals surface area contributed by atoms with Crippen LogP contribution in [0.4, 0.5) is 5.69 Å². The van der Waals surface area contributed by atoms with Crippen molar-refractivity contribution in [3.63, 3.8) is 0 Å². The van der Waals surface area contributed by atoms with Crippen molar-refractivity contribution in [1.29, 1.82) is 0 Å². The fourth-order valence-electron chi connectivity index (χ4n) is 4.09. The lowest BCUT2D eigenvalue weighted by molar-refractivity contribution is -0.136. The van der Waals surface area contributed by atoms with Crippen molar-refractivity contribution in [3.8, 4) is 0 Å². The van der Waals surface area contributed by atoms with Gasteiger partial charge in [-0.3, -0.25) is 9.59 Å². The molecule has 6 nitrogen and oxygen atoms in total. The number of aromatic nitrogens is 1. The van der Waals surface area contributed by atoms with Crippen LogP contribution < -0.4 is 5.32 Å². The first-order chi connectivity index (χ1) is 14.6. The van der Waals surface area contributed by atoms with E-state index in [1.54, 1.807) is 18.0 Å². The van der Waals surface area contributed by atoms with Gasteiger partial charge in [0.25, 0.3) is 5.91 Å². The number of amides is 2. The Labute approximate surface area is 178 Å². The van der Waals surface area contributed by atoms with Gasteiger partial charge in [0, 0.05) is 36.3 Å². The van der Waals surface area contributed by atoms with Crippen molar-refractivity contribution in [2.75, 3.05) is 25.0 Å². The molecule has 154 valence electrons. The smallest absolute Gasteiger partial charge is 0.266 e. The van der Waals surface area contributed by atoms with E-state index in [1.807, 2.05) is 30.3 Å². The maximum absolute atomic E-state index is 13.4. The van der Waals surface area contributed by atoms with E-state index in [0.29, 0.717) is 30.5 Å². The Morgan fingerprint density at radius 1 is 1.20 bits per heavy atom. The number of carbonyl (C=O) groups excluding carboxylic acids is 2. The average Bonchev–Trinajstić information content (AvgIpc) is 3.53. The summed E-state index contributed by atoms with van der Waals surface area (Å²) in [5.74, 6) is 0.408. The predicted octanol–water partition coefficient (Wildman–Crippen LogP) is 4.35. The summed E-state index contributed by atoms with van der Waals surface area (Å²) in [6.07, 6.45) is 3.72. The Bertz CT molecular complexity index is 1120. The molecular formula is C23H23N3O3S. The van der Waals surface area contributed by atoms with Crippen molar-refractivity contribution in [2.24, 2.45) is 0 Å². The number of benzene rings is 1. The molecule has 1 aromatic carbocycles. The zero-order valence-electron chi connectivity index (χ0n) is 16.8. The summed E-state index contributed by atoms with van der Waals surface area (Å²) >= 11 is 1.38. The Balaban J connectivity index is 1.52. The second kappa shape index (κ2) is 7.81. The van der Waals surface area contributed by atoms with Gasteiger partial charge in [0.15, 0.2) is 0 Å². The number of hydrogen-bond donors (Lipinski definition) is 1. The van der Waals surface area contributed by atoms with Gasteiger partial charge in [0.2, 0.25) is 5.91 Å². The molecule has 1 aliphatic carbocycles. The van der Waals surface area contributed by atoms with Gasteiger partial charge in [-0.15, -0.1) is 11.3 Å². The number of rotatable bonds is 4. The molecule has 30 heavy (non-hydrogen) atoms. The van der Waals surface area contributed by atoms with E-state index in [-0.39, 0.29) is 17.9 Å². The molecule has 1 atom stereocenters. The zero-order chi connectivity index (χ0) is 20.7. The predicted molar refractivity (Wildman–Crippen MR) is 117 cm³/mol. The highest BCUT2D eigenvalue weighted by Crippen LogP contribution is 2.44. The topological polar surface area (TPSA) is 71.5 Å². The molecule has 0 unspecified atom stereocenters. The summed E-state index contributed by atoms with van der Waals surface area (Å²) in [4.78, 5) is 33.0. The summed E-state index contributed by atoms with van der Waals surface area (Å²) in [6.45, 7) is 3.03. The maximum atomic E-state index is 13.4. The van der Waals surface area contributed by atoms with Crippen molar-refractivity contribution >= 4 is 39.1 Å². The lowest BCUT2D eigenvalue weighted by atomic mass is 10.0. The molecule has 3 aromatic rings. The molecule has 7 heteroatoms. The highest BCUT2D eigenvalue weighted by Gasteiger charge is 2.32. The number of hydrogen-bond acceptors (Lipinski definition) is 5. The second-order valence-electron chi connectivity index (χ2n) is 7.84. The van der Waals surface area contributed by atoms with Crippen molar-refractivity contribution in [2.45, 2.75) is 31.8 Å². The Morgan fingerprint density at radius 2 is 2.03 bits per heavy atom. The maximum Gasteiger partial charge on any atom is 0.266 e. The van der Waals surface area contributed by atoms with Crippen LogP contribution in [0.2, 0.25) is 0 Å². The normalized spacial score (nSPS) is 19.1. The molecular weight excluding hydrogens is 398 g/mol. The van der Waals surface area contributed by atoms with Crippen LogP contribution in [-0.4, -0.2) is 41.4 Å². The highest BCUT2D eigenvalue weighted by atomic mass is 32.1. The molecule has 2 fully saturated rings. The monoisotopic (exact) mass is 421 g/mol. The molecule has 1 saturated heterocycles. The summed E-state index contributed by atoms with van der Waals surface area (Å²) in [6, 6.07) is 11.9. The minimum absolute atomic E-state index is 0.0188. The number of morpholine rings is 1. The summed E-state index contributed by atoms with van der Waals surface area (Å²) in [5.41, 5.74) is 2.90. The number of para-hydroxylation sites is 1. The van der Waals surface area contributed by atoms with Crippen LogP contribution in [0.15, 0.2) is 42.6 Å². The number of carbonyl (C=O) groups is 2. The van der Waals surface area contributed by atoms with E-state index < -0.39 is 0 Å². The first-order valence-electron chi connectivity index (χ1n) is 10.3. The molecule has 0 radical (unpaired) electrons. The molecule has 1 aliphatic heterocycles. The van der Waals surface area contributed by atoms with E-state index in [0.717, 1.165) is 21.5 Å². The molecule has 0 bridgehead atoms. The Hall–Kier alpha value is -2.77. The molecule has 0 spiro atoms. The third-order valence-electron chi connectivity index (χ3n) is 5.77. The van der Waals surface area contributed by atoms with Gasteiger partial charge in [-0.2, -0.15) is 0 Å². The van der Waals surface area contributed by atoms with Crippen LogP contribution in [0.25, 0.3) is 10.2 Å². The fourth-order valence-corrected chi connectivity index (χ4v) is 5.18. The molecule has 2 aliphatic rings. The number of fused-ring (bicyclic) bond motifs is 1. The van der Waals surface area contributed by atoms with Crippen LogP contribution in [0.5, 0.6) is 0 Å². The van der Waals surface area contributed by atoms with E-state index in [1.165, 1.54) is 29.7 Å². The number of nitrogens with zero attached hydrogens (tertiary/aromatic N) is 2. The SMILES string of the molecule is CC(=O)N1CCO[C@H](c2c(C(=O)Nc3ccccc3C3CC3)sc3ncccc23)C1. The van der Waals surface area contributed by atoms with E-state index in [9.17, 15) is 9.59 Å². The van der Waals surface area contributed by atoms with Gasteiger partial charge in [-0.05, 0) is 36.5 Å². The zero-order valence-corrected chi connectivity index (χ0v) is 17.6. The minimum atomic E-state index is -0.347. The lowest BCUT2D eigenvalue weighted by Crippen LogP contribution is -2.41. The van der Waals surface area contributed by atoms with Gasteiger partial charge in [-0.25, -0.2) is 4.98 Å². The third kappa shape index (κ3) is 3.59. The number of anilines is 1. The van der Waals surface area contributed by atoms with Crippen molar-refractivity contribution in [3.05, 3.63) is 58.6 Å². The summed E-state index contributed by atoms with van der Waals surface area (Å²) in [7, 11) is 0. The minimum Gasteiger partial charge on any atom is -0.370 e. The number of nitrogens with one attached hydrogen (secondary N) is 1. The van der Waals surface area contributed by atoms with Crippen molar-refractivity contribution < 1.29 is 14.3 Å². The van der Waals surface area contributed by atoms with E-state index in [4.69, 9.17) is 4.74 Å². The second-order valence-corrected chi connectivity index (χ2v) is 8.84. The fraction of sp³-hybridized carbons (Fsp3) is 0.348. The summed E-state index contributed by atoms with van der Waals surface area (Å²) < 4.78 is 6.03. The standard InChI is InChI=1S/C23H23N3O3S/c1-14(27)26-11-12-29-19(13-26)20-17-6-4-10-24-23(17)30-21(20)22(28)25-18-7-3-2-5-16(18)15-8-9-15/h2-7,10,15,19H,8-9,11-13H2,1H3,(H,25,28)/t19-/m0/s1. The average molecular weight is 422 g/mol. The molecule has 1 saturated carbocycles. The lowest BCUT2D eigenvalue weighted by Gasteiger charge is -2.32. The van der Waals surface area contributed by atoms with Gasteiger partial charge in [0.05, 0.1) is 13.2 Å².